The van der Waals surface area contributed by atoms with Crippen molar-refractivity contribution in [1.29, 1.82) is 0 Å². The fraction of sp³-hybridized carbons (Fsp3) is 0.833. The maximum Gasteiger partial charge on any atom is 0.185 e. The Labute approximate surface area is 74.1 Å². The van der Waals surface area contributed by atoms with E-state index in [9.17, 15) is 0 Å². The summed E-state index contributed by atoms with van der Waals surface area (Å²) in [4.78, 5) is 1.61. The molecule has 11 heavy (non-hydrogen) atoms. The molecule has 1 aromatic heterocycles. The monoisotopic (exact) mass is 218 g/mol. The first kappa shape index (κ1) is 8.64. The molecule has 0 amide bonds. The second-order valence-corrected chi connectivity index (χ2v) is 3.86. The van der Waals surface area contributed by atoms with Crippen LogP contribution in [0, 0.1) is 0 Å². The van der Waals surface area contributed by atoms with Crippen LogP contribution in [0.5, 0.6) is 0 Å². The summed E-state index contributed by atoms with van der Waals surface area (Å²) >= 11 is 3.26. The molecule has 5 heteroatoms. The third-order valence-corrected chi connectivity index (χ3v) is 1.68. The first-order valence-electron chi connectivity index (χ1n) is 3.39. The average Bonchev–Trinajstić information content (AvgIpc) is 2.32. The number of hydrogen-bond donors (Lipinski definition) is 0. The lowest BCUT2D eigenvalue weighted by Crippen LogP contribution is -2.24. The van der Waals surface area contributed by atoms with E-state index in [1.54, 1.807) is 4.80 Å². The lowest BCUT2D eigenvalue weighted by molar-refractivity contribution is 0.305. The zero-order valence-electron chi connectivity index (χ0n) is 6.87. The quantitative estimate of drug-likeness (QED) is 0.669. The smallest absolute Gasteiger partial charge is 0.159 e. The molecule has 0 aromatic carbocycles. The van der Waals surface area contributed by atoms with E-state index in [0.717, 1.165) is 5.82 Å². The van der Waals surface area contributed by atoms with Crippen LogP contribution in [0.25, 0.3) is 0 Å². The molecule has 4 nitrogen and oxygen atoms in total. The van der Waals surface area contributed by atoms with E-state index in [0.29, 0.717) is 5.33 Å². The Morgan fingerprint density at radius 1 is 1.45 bits per heavy atom. The standard InChI is InChI=1S/C6H11BrN4/c1-6(2,3)11-9-5(4-7)8-10-11/h4H2,1-3H3. The van der Waals surface area contributed by atoms with Gasteiger partial charge >= 0.3 is 0 Å². The van der Waals surface area contributed by atoms with Crippen molar-refractivity contribution in [3.63, 3.8) is 0 Å². The van der Waals surface area contributed by atoms with E-state index in [2.05, 4.69) is 31.3 Å². The minimum Gasteiger partial charge on any atom is -0.159 e. The van der Waals surface area contributed by atoms with Crippen molar-refractivity contribution in [3.8, 4) is 0 Å². The zero-order valence-corrected chi connectivity index (χ0v) is 8.46. The van der Waals surface area contributed by atoms with Gasteiger partial charge in [0, 0.05) is 0 Å². The highest BCUT2D eigenvalue weighted by molar-refractivity contribution is 9.08. The maximum absolute atomic E-state index is 4.15. The molecule has 1 rings (SSSR count). The number of aromatic nitrogens is 4. The summed E-state index contributed by atoms with van der Waals surface area (Å²) < 4.78 is 0. The van der Waals surface area contributed by atoms with Gasteiger partial charge in [-0.05, 0) is 26.0 Å². The van der Waals surface area contributed by atoms with Gasteiger partial charge in [-0.2, -0.15) is 4.80 Å². The number of tetrazole rings is 1. The van der Waals surface area contributed by atoms with Crippen LogP contribution >= 0.6 is 15.9 Å². The molecule has 1 heterocycles. The van der Waals surface area contributed by atoms with Crippen LogP contribution in [0.4, 0.5) is 0 Å². The molecule has 0 aliphatic rings. The lowest BCUT2D eigenvalue weighted by atomic mass is 10.1. The number of alkyl halides is 1. The Bertz CT molecular complexity index is 237. The molecular weight excluding hydrogens is 208 g/mol. The van der Waals surface area contributed by atoms with Crippen molar-refractivity contribution in [2.75, 3.05) is 0 Å². The highest BCUT2D eigenvalue weighted by Gasteiger charge is 2.16. The molecule has 0 aliphatic heterocycles. The minimum atomic E-state index is -0.0760. The van der Waals surface area contributed by atoms with Crippen molar-refractivity contribution in [2.45, 2.75) is 31.6 Å². The third kappa shape index (κ3) is 1.99. The summed E-state index contributed by atoms with van der Waals surface area (Å²) in [7, 11) is 0. The molecule has 1 aromatic rings. The zero-order chi connectivity index (χ0) is 8.48. The predicted molar refractivity (Wildman–Crippen MR) is 45.4 cm³/mol. The summed E-state index contributed by atoms with van der Waals surface area (Å²) in [6.45, 7) is 6.10. The summed E-state index contributed by atoms with van der Waals surface area (Å²) in [5.74, 6) is 0.722. The van der Waals surface area contributed by atoms with Gasteiger partial charge in [-0.25, -0.2) is 0 Å². The van der Waals surface area contributed by atoms with E-state index in [1.807, 2.05) is 20.8 Å². The molecule has 0 radical (unpaired) electrons. The molecule has 0 saturated carbocycles. The van der Waals surface area contributed by atoms with Crippen LogP contribution < -0.4 is 0 Å². The van der Waals surface area contributed by atoms with Gasteiger partial charge in [0.05, 0.1) is 10.9 Å². The number of halogens is 1. The van der Waals surface area contributed by atoms with E-state index in [1.165, 1.54) is 0 Å². The molecule has 0 bridgehead atoms. The number of nitrogens with zero attached hydrogens (tertiary/aromatic N) is 4. The number of hydrogen-bond acceptors (Lipinski definition) is 3. The molecule has 0 atom stereocenters. The van der Waals surface area contributed by atoms with Gasteiger partial charge in [0.1, 0.15) is 0 Å². The van der Waals surface area contributed by atoms with Crippen LogP contribution in [-0.4, -0.2) is 20.2 Å². The van der Waals surface area contributed by atoms with Gasteiger partial charge in [0.25, 0.3) is 0 Å². The van der Waals surface area contributed by atoms with Gasteiger partial charge in [-0.15, -0.1) is 10.2 Å². The van der Waals surface area contributed by atoms with Crippen LogP contribution in [0.1, 0.15) is 26.6 Å². The van der Waals surface area contributed by atoms with Gasteiger partial charge in [0.2, 0.25) is 0 Å². The summed E-state index contributed by atoms with van der Waals surface area (Å²) in [6.07, 6.45) is 0. The first-order valence-corrected chi connectivity index (χ1v) is 4.51. The predicted octanol–water partition coefficient (Wildman–Crippen LogP) is 1.32. The van der Waals surface area contributed by atoms with Crippen LogP contribution in [0.3, 0.4) is 0 Å². The summed E-state index contributed by atoms with van der Waals surface area (Å²) in [5, 5.41) is 12.5. The fourth-order valence-electron chi connectivity index (χ4n) is 0.581. The molecule has 0 unspecified atom stereocenters. The Morgan fingerprint density at radius 2 is 2.09 bits per heavy atom. The highest BCUT2D eigenvalue weighted by atomic mass is 79.9. The maximum atomic E-state index is 4.15. The van der Waals surface area contributed by atoms with E-state index < -0.39 is 0 Å². The molecule has 0 spiro atoms. The third-order valence-electron chi connectivity index (χ3n) is 1.17. The Morgan fingerprint density at radius 3 is 2.36 bits per heavy atom. The van der Waals surface area contributed by atoms with Crippen molar-refractivity contribution in [3.05, 3.63) is 5.82 Å². The Kier molecular flexibility index (Phi) is 2.27. The van der Waals surface area contributed by atoms with E-state index >= 15 is 0 Å². The van der Waals surface area contributed by atoms with E-state index in [-0.39, 0.29) is 5.54 Å². The van der Waals surface area contributed by atoms with Gasteiger partial charge in [0.15, 0.2) is 5.82 Å². The summed E-state index contributed by atoms with van der Waals surface area (Å²) in [6, 6.07) is 0. The fourth-order valence-corrected chi connectivity index (χ4v) is 0.805. The van der Waals surface area contributed by atoms with Gasteiger partial charge in [-0.1, -0.05) is 15.9 Å². The number of rotatable bonds is 1. The highest BCUT2D eigenvalue weighted by Crippen LogP contribution is 2.09. The molecule has 0 fully saturated rings. The van der Waals surface area contributed by atoms with Gasteiger partial charge in [-0.3, -0.25) is 0 Å². The van der Waals surface area contributed by atoms with Crippen LogP contribution in [0.2, 0.25) is 0 Å². The minimum absolute atomic E-state index is 0.0760. The summed E-state index contributed by atoms with van der Waals surface area (Å²) in [5.41, 5.74) is -0.0760. The molecule has 0 saturated heterocycles. The average molecular weight is 219 g/mol. The van der Waals surface area contributed by atoms with Crippen molar-refractivity contribution < 1.29 is 0 Å². The Balaban J connectivity index is 2.89. The molecular formula is C6H11BrN4. The normalized spacial score (nSPS) is 12.0. The molecule has 0 N–H and O–H groups in total. The van der Waals surface area contributed by atoms with Gasteiger partial charge < -0.3 is 0 Å². The molecule has 62 valence electrons. The second kappa shape index (κ2) is 2.89. The first-order chi connectivity index (χ1) is 5.04. The van der Waals surface area contributed by atoms with E-state index in [4.69, 9.17) is 0 Å². The second-order valence-electron chi connectivity index (χ2n) is 3.30. The SMILES string of the molecule is CC(C)(C)n1nnc(CBr)n1. The molecule has 0 aliphatic carbocycles. The largest absolute Gasteiger partial charge is 0.185 e. The van der Waals surface area contributed by atoms with Crippen molar-refractivity contribution in [1.82, 2.24) is 20.2 Å². The van der Waals surface area contributed by atoms with Crippen molar-refractivity contribution >= 4 is 15.9 Å². The Hall–Kier alpha value is -0.450. The van der Waals surface area contributed by atoms with Crippen LogP contribution in [0.15, 0.2) is 0 Å². The lowest BCUT2D eigenvalue weighted by Gasteiger charge is -2.15. The topological polar surface area (TPSA) is 43.6 Å². The van der Waals surface area contributed by atoms with Crippen LogP contribution in [-0.2, 0) is 10.9 Å². The van der Waals surface area contributed by atoms with Crippen molar-refractivity contribution in [2.24, 2.45) is 0 Å².